The van der Waals surface area contributed by atoms with Crippen LogP contribution in [0, 0.1) is 11.8 Å². The third kappa shape index (κ3) is 5.86. The largest absolute Gasteiger partial charge is 0.394 e. The van der Waals surface area contributed by atoms with Crippen LogP contribution in [0.2, 0.25) is 0 Å². The molecule has 2 fully saturated rings. The first-order valence-corrected chi connectivity index (χ1v) is 10.9. The van der Waals surface area contributed by atoms with E-state index in [2.05, 4.69) is 33.8 Å². The number of ether oxygens (including phenoxy) is 1. The van der Waals surface area contributed by atoms with Gasteiger partial charge in [-0.2, -0.15) is 4.37 Å². The van der Waals surface area contributed by atoms with E-state index in [1.807, 2.05) is 0 Å². The van der Waals surface area contributed by atoms with Crippen LogP contribution in [0.3, 0.4) is 0 Å². The summed E-state index contributed by atoms with van der Waals surface area (Å²) in [4.78, 5) is 17.0. The standard InChI is InChI=1S/C19H32N4O3S/c1-12(2)17-22-19(27-23-17)20-9-16-8-14(11-26-16)18(25)21-15(10-24)7-13-5-3-4-6-13/h12-16,24H,3-11H2,1-2H3,(H,21,25)(H,20,22,23)/t14-,15?,16-/m0/s1. The molecule has 1 saturated carbocycles. The second kappa shape index (κ2) is 9.80. The van der Waals surface area contributed by atoms with E-state index >= 15 is 0 Å². The Hall–Kier alpha value is -1.25. The fraction of sp³-hybridized carbons (Fsp3) is 0.842. The van der Waals surface area contributed by atoms with Gasteiger partial charge >= 0.3 is 0 Å². The highest BCUT2D eigenvalue weighted by Crippen LogP contribution is 2.29. The lowest BCUT2D eigenvalue weighted by Crippen LogP contribution is -2.42. The van der Waals surface area contributed by atoms with Gasteiger partial charge in [0.2, 0.25) is 11.0 Å². The summed E-state index contributed by atoms with van der Waals surface area (Å²) in [5, 5.41) is 16.7. The van der Waals surface area contributed by atoms with Crippen molar-refractivity contribution in [3.8, 4) is 0 Å². The number of carbonyl (C=O) groups is 1. The molecule has 0 radical (unpaired) electrons. The van der Waals surface area contributed by atoms with E-state index in [0.717, 1.165) is 17.4 Å². The molecule has 7 nitrogen and oxygen atoms in total. The summed E-state index contributed by atoms with van der Waals surface area (Å²) in [7, 11) is 0. The maximum absolute atomic E-state index is 12.5. The maximum Gasteiger partial charge on any atom is 0.225 e. The summed E-state index contributed by atoms with van der Waals surface area (Å²) < 4.78 is 10.1. The highest BCUT2D eigenvalue weighted by molar-refractivity contribution is 7.09. The van der Waals surface area contributed by atoms with Crippen LogP contribution in [-0.2, 0) is 9.53 Å². The quantitative estimate of drug-likeness (QED) is 0.594. The van der Waals surface area contributed by atoms with Crippen molar-refractivity contribution in [1.29, 1.82) is 0 Å². The van der Waals surface area contributed by atoms with Crippen molar-refractivity contribution in [3.05, 3.63) is 5.82 Å². The minimum absolute atomic E-state index is 0.00504. The summed E-state index contributed by atoms with van der Waals surface area (Å²) in [6.07, 6.45) is 6.55. The van der Waals surface area contributed by atoms with Gasteiger partial charge in [-0.25, -0.2) is 4.98 Å². The fourth-order valence-corrected chi connectivity index (χ4v) is 4.63. The lowest BCUT2D eigenvalue weighted by atomic mass is 9.97. The third-order valence-electron chi connectivity index (χ3n) is 5.55. The molecular weight excluding hydrogens is 364 g/mol. The molecule has 0 aromatic carbocycles. The van der Waals surface area contributed by atoms with Crippen LogP contribution in [0.1, 0.15) is 64.1 Å². The highest BCUT2D eigenvalue weighted by atomic mass is 32.1. The molecule has 0 bridgehead atoms. The summed E-state index contributed by atoms with van der Waals surface area (Å²) >= 11 is 1.36. The van der Waals surface area contributed by atoms with Crippen LogP contribution < -0.4 is 10.6 Å². The molecule has 152 valence electrons. The summed E-state index contributed by atoms with van der Waals surface area (Å²) in [6, 6.07) is -0.131. The Balaban J connectivity index is 1.40. The number of aromatic nitrogens is 2. The Bertz CT molecular complexity index is 604. The van der Waals surface area contributed by atoms with E-state index < -0.39 is 0 Å². The second-order valence-corrected chi connectivity index (χ2v) is 8.91. The zero-order valence-electron chi connectivity index (χ0n) is 16.3. The van der Waals surface area contributed by atoms with Gasteiger partial charge in [0.1, 0.15) is 5.82 Å². The third-order valence-corrected chi connectivity index (χ3v) is 6.24. The molecular formula is C19H32N4O3S. The zero-order chi connectivity index (χ0) is 19.2. The highest BCUT2D eigenvalue weighted by Gasteiger charge is 2.32. The van der Waals surface area contributed by atoms with Crippen molar-refractivity contribution in [2.24, 2.45) is 11.8 Å². The monoisotopic (exact) mass is 396 g/mol. The molecule has 2 aliphatic rings. The van der Waals surface area contributed by atoms with Crippen LogP contribution in [0.4, 0.5) is 5.13 Å². The Morgan fingerprint density at radius 1 is 1.37 bits per heavy atom. The number of rotatable bonds is 9. The zero-order valence-corrected chi connectivity index (χ0v) is 17.1. The van der Waals surface area contributed by atoms with Crippen LogP contribution >= 0.6 is 11.5 Å². The normalized spacial score (nSPS) is 24.4. The summed E-state index contributed by atoms with van der Waals surface area (Å²) in [5.74, 6) is 1.67. The number of nitrogens with one attached hydrogen (secondary N) is 2. The molecule has 1 aromatic heterocycles. The van der Waals surface area contributed by atoms with E-state index in [1.54, 1.807) is 0 Å². The number of hydrogen-bond acceptors (Lipinski definition) is 7. The van der Waals surface area contributed by atoms with Crippen molar-refractivity contribution >= 4 is 22.6 Å². The fourth-order valence-electron chi connectivity index (χ4n) is 3.92. The number of anilines is 1. The first-order chi connectivity index (χ1) is 13.0. The van der Waals surface area contributed by atoms with E-state index in [0.29, 0.717) is 31.4 Å². The number of amides is 1. The molecule has 3 rings (SSSR count). The van der Waals surface area contributed by atoms with Gasteiger partial charge in [-0.15, -0.1) is 0 Å². The van der Waals surface area contributed by atoms with Crippen molar-refractivity contribution in [3.63, 3.8) is 0 Å². The minimum Gasteiger partial charge on any atom is -0.394 e. The van der Waals surface area contributed by atoms with Crippen molar-refractivity contribution in [2.75, 3.05) is 25.1 Å². The number of nitrogens with zero attached hydrogens (tertiary/aromatic N) is 2. The topological polar surface area (TPSA) is 96.4 Å². The molecule has 3 atom stereocenters. The molecule has 2 heterocycles. The van der Waals surface area contributed by atoms with Gasteiger partial charge in [-0.3, -0.25) is 4.79 Å². The molecule has 3 N–H and O–H groups in total. The second-order valence-electron chi connectivity index (χ2n) is 8.16. The molecule has 27 heavy (non-hydrogen) atoms. The van der Waals surface area contributed by atoms with Crippen LogP contribution in [0.15, 0.2) is 0 Å². The number of aliphatic hydroxyl groups is 1. The Kier molecular flexibility index (Phi) is 7.43. The summed E-state index contributed by atoms with van der Waals surface area (Å²) in [6.45, 7) is 5.22. The molecule has 1 aliphatic carbocycles. The van der Waals surface area contributed by atoms with Gasteiger partial charge in [0.05, 0.1) is 31.3 Å². The first kappa shape index (κ1) is 20.5. The van der Waals surface area contributed by atoms with Crippen LogP contribution in [0.25, 0.3) is 0 Å². The van der Waals surface area contributed by atoms with Crippen LogP contribution in [0.5, 0.6) is 0 Å². The van der Waals surface area contributed by atoms with Crippen molar-refractivity contribution < 1.29 is 14.6 Å². The van der Waals surface area contributed by atoms with Gasteiger partial charge < -0.3 is 20.5 Å². The maximum atomic E-state index is 12.5. The Morgan fingerprint density at radius 2 is 2.15 bits per heavy atom. The molecule has 1 unspecified atom stereocenters. The van der Waals surface area contributed by atoms with Gasteiger partial charge in [0, 0.05) is 24.0 Å². The average molecular weight is 397 g/mol. The van der Waals surface area contributed by atoms with Gasteiger partial charge in [-0.05, 0) is 18.8 Å². The number of carbonyl (C=O) groups excluding carboxylic acids is 1. The lowest BCUT2D eigenvalue weighted by Gasteiger charge is -2.21. The van der Waals surface area contributed by atoms with Crippen molar-refractivity contribution in [2.45, 2.75) is 70.4 Å². The van der Waals surface area contributed by atoms with Crippen LogP contribution in [-0.4, -0.2) is 52.3 Å². The van der Waals surface area contributed by atoms with Gasteiger partial charge in [0.25, 0.3) is 0 Å². The molecule has 1 saturated heterocycles. The minimum atomic E-state index is -0.143. The Morgan fingerprint density at radius 3 is 2.81 bits per heavy atom. The lowest BCUT2D eigenvalue weighted by molar-refractivity contribution is -0.126. The average Bonchev–Trinajstić information content (AvgIpc) is 3.40. The Labute approximate surface area is 165 Å². The van der Waals surface area contributed by atoms with Crippen molar-refractivity contribution in [1.82, 2.24) is 14.7 Å². The predicted molar refractivity (Wildman–Crippen MR) is 106 cm³/mol. The van der Waals surface area contributed by atoms with Gasteiger partial charge in [-0.1, -0.05) is 39.5 Å². The van der Waals surface area contributed by atoms with Gasteiger partial charge in [0.15, 0.2) is 0 Å². The molecule has 1 aromatic rings. The molecule has 1 aliphatic heterocycles. The summed E-state index contributed by atoms with van der Waals surface area (Å²) in [5.41, 5.74) is 0. The predicted octanol–water partition coefficient (Wildman–Crippen LogP) is 2.54. The molecule has 8 heteroatoms. The number of hydrogen-bond donors (Lipinski definition) is 3. The molecule has 0 spiro atoms. The number of aliphatic hydroxyl groups excluding tert-OH is 1. The smallest absolute Gasteiger partial charge is 0.225 e. The first-order valence-electron chi connectivity index (χ1n) is 10.2. The van der Waals surface area contributed by atoms with E-state index in [-0.39, 0.29) is 30.6 Å². The van der Waals surface area contributed by atoms with E-state index in [9.17, 15) is 9.90 Å². The SMILES string of the molecule is CC(C)c1nsc(NC[C@@H]2C[C@H](C(=O)NC(CO)CC3CCCC3)CO2)n1. The van der Waals surface area contributed by atoms with E-state index in [1.165, 1.54) is 37.2 Å². The van der Waals surface area contributed by atoms with E-state index in [4.69, 9.17) is 4.74 Å². The molecule has 1 amide bonds.